The molecule has 2 N–H and O–H groups in total. The molecule has 20 heavy (non-hydrogen) atoms. The van der Waals surface area contributed by atoms with E-state index in [0.717, 1.165) is 17.7 Å². The van der Waals surface area contributed by atoms with Gasteiger partial charge in [0.15, 0.2) is 0 Å². The minimum Gasteiger partial charge on any atom is -0.493 e. The van der Waals surface area contributed by atoms with Crippen LogP contribution >= 0.6 is 0 Å². The Morgan fingerprint density at radius 2 is 1.95 bits per heavy atom. The van der Waals surface area contributed by atoms with Gasteiger partial charge in [-0.1, -0.05) is 39.8 Å². The second kappa shape index (κ2) is 7.65. The summed E-state index contributed by atoms with van der Waals surface area (Å²) in [5.41, 5.74) is 2.46. The van der Waals surface area contributed by atoms with Crippen molar-refractivity contribution in [3.8, 4) is 5.75 Å². The summed E-state index contributed by atoms with van der Waals surface area (Å²) in [6.45, 7) is 9.14. The SMILES string of the molecule is CCCOc1ccc(C(C)(C)C)cc1CCC(O)CO. The standard InChI is InChI=1S/C17H28O3/c1-5-10-20-16-9-7-14(17(2,3)4)11-13(16)6-8-15(19)12-18/h7,9,11,15,18-19H,5-6,8,10,12H2,1-4H3. The summed E-state index contributed by atoms with van der Waals surface area (Å²) in [5, 5.41) is 18.5. The molecule has 0 saturated carbocycles. The average Bonchev–Trinajstić information content (AvgIpc) is 2.41. The fraction of sp³-hybridized carbons (Fsp3) is 0.647. The molecule has 0 aliphatic rings. The summed E-state index contributed by atoms with van der Waals surface area (Å²) < 4.78 is 5.78. The van der Waals surface area contributed by atoms with Gasteiger partial charge in [-0.15, -0.1) is 0 Å². The highest BCUT2D eigenvalue weighted by atomic mass is 16.5. The zero-order chi connectivity index (χ0) is 15.2. The summed E-state index contributed by atoms with van der Waals surface area (Å²) >= 11 is 0. The molecule has 0 bridgehead atoms. The number of benzene rings is 1. The van der Waals surface area contributed by atoms with E-state index in [4.69, 9.17) is 9.84 Å². The Labute approximate surface area is 122 Å². The second-order valence-corrected chi connectivity index (χ2v) is 6.30. The van der Waals surface area contributed by atoms with Gasteiger partial charge in [-0.05, 0) is 41.9 Å². The first kappa shape index (κ1) is 17.0. The maximum atomic E-state index is 9.52. The molecular weight excluding hydrogens is 252 g/mol. The lowest BCUT2D eigenvalue weighted by molar-refractivity contribution is 0.0884. The summed E-state index contributed by atoms with van der Waals surface area (Å²) in [6, 6.07) is 6.29. The van der Waals surface area contributed by atoms with Crippen LogP contribution in [0.4, 0.5) is 0 Å². The van der Waals surface area contributed by atoms with Crippen molar-refractivity contribution in [1.82, 2.24) is 0 Å². The topological polar surface area (TPSA) is 49.7 Å². The predicted molar refractivity (Wildman–Crippen MR) is 82.3 cm³/mol. The van der Waals surface area contributed by atoms with Gasteiger partial charge in [-0.2, -0.15) is 0 Å². The third-order valence-corrected chi connectivity index (χ3v) is 3.35. The number of rotatable bonds is 7. The fourth-order valence-electron chi connectivity index (χ4n) is 2.01. The van der Waals surface area contributed by atoms with Gasteiger partial charge in [0.05, 0.1) is 19.3 Å². The Hall–Kier alpha value is -1.06. The largest absolute Gasteiger partial charge is 0.493 e. The number of ether oxygens (including phenoxy) is 1. The van der Waals surface area contributed by atoms with E-state index < -0.39 is 6.10 Å². The summed E-state index contributed by atoms with van der Waals surface area (Å²) in [5.74, 6) is 0.894. The first-order valence-electron chi connectivity index (χ1n) is 7.43. The first-order valence-corrected chi connectivity index (χ1v) is 7.43. The molecule has 0 fully saturated rings. The molecule has 0 amide bonds. The first-order chi connectivity index (χ1) is 9.38. The van der Waals surface area contributed by atoms with E-state index in [-0.39, 0.29) is 12.0 Å². The lowest BCUT2D eigenvalue weighted by Crippen LogP contribution is -2.15. The third-order valence-electron chi connectivity index (χ3n) is 3.35. The van der Waals surface area contributed by atoms with E-state index in [2.05, 4.69) is 39.8 Å². The Morgan fingerprint density at radius 3 is 2.50 bits per heavy atom. The Bertz CT molecular complexity index is 407. The molecule has 1 atom stereocenters. The molecule has 1 unspecified atom stereocenters. The van der Waals surface area contributed by atoms with Gasteiger partial charge >= 0.3 is 0 Å². The van der Waals surface area contributed by atoms with Gasteiger partial charge < -0.3 is 14.9 Å². The van der Waals surface area contributed by atoms with Gasteiger partial charge in [-0.3, -0.25) is 0 Å². The Balaban J connectivity index is 2.93. The van der Waals surface area contributed by atoms with Gasteiger partial charge in [0.25, 0.3) is 0 Å². The van der Waals surface area contributed by atoms with Crippen molar-refractivity contribution in [2.24, 2.45) is 0 Å². The Morgan fingerprint density at radius 1 is 1.25 bits per heavy atom. The highest BCUT2D eigenvalue weighted by molar-refractivity contribution is 5.40. The van der Waals surface area contributed by atoms with Crippen molar-refractivity contribution in [2.75, 3.05) is 13.2 Å². The normalized spacial score (nSPS) is 13.3. The van der Waals surface area contributed by atoms with Crippen LogP contribution < -0.4 is 4.74 Å². The number of hydrogen-bond acceptors (Lipinski definition) is 3. The third kappa shape index (κ3) is 5.14. The zero-order valence-electron chi connectivity index (χ0n) is 13.1. The maximum Gasteiger partial charge on any atom is 0.122 e. The lowest BCUT2D eigenvalue weighted by Gasteiger charge is -2.22. The van der Waals surface area contributed by atoms with Crippen molar-refractivity contribution in [2.45, 2.75) is 58.5 Å². The molecule has 1 aromatic carbocycles. The molecule has 0 aromatic heterocycles. The van der Waals surface area contributed by atoms with Crippen LogP contribution in [-0.2, 0) is 11.8 Å². The minimum absolute atomic E-state index is 0.0909. The fourth-order valence-corrected chi connectivity index (χ4v) is 2.01. The molecule has 3 nitrogen and oxygen atoms in total. The number of aliphatic hydroxyl groups excluding tert-OH is 2. The van der Waals surface area contributed by atoms with Crippen molar-refractivity contribution in [3.63, 3.8) is 0 Å². The van der Waals surface area contributed by atoms with Gasteiger partial charge in [0.2, 0.25) is 0 Å². The number of aryl methyl sites for hydroxylation is 1. The van der Waals surface area contributed by atoms with Crippen molar-refractivity contribution in [1.29, 1.82) is 0 Å². The lowest BCUT2D eigenvalue weighted by atomic mass is 9.85. The van der Waals surface area contributed by atoms with Crippen LogP contribution in [-0.4, -0.2) is 29.5 Å². The van der Waals surface area contributed by atoms with Gasteiger partial charge in [-0.25, -0.2) is 0 Å². The monoisotopic (exact) mass is 280 g/mol. The smallest absolute Gasteiger partial charge is 0.122 e. The highest BCUT2D eigenvalue weighted by Crippen LogP contribution is 2.29. The van der Waals surface area contributed by atoms with E-state index in [1.807, 2.05) is 6.07 Å². The molecule has 0 radical (unpaired) electrons. The van der Waals surface area contributed by atoms with Crippen LogP contribution in [0.2, 0.25) is 0 Å². The van der Waals surface area contributed by atoms with E-state index in [1.165, 1.54) is 5.56 Å². The molecule has 0 saturated heterocycles. The highest BCUT2D eigenvalue weighted by Gasteiger charge is 2.16. The molecule has 3 heteroatoms. The molecule has 0 spiro atoms. The van der Waals surface area contributed by atoms with Crippen LogP contribution in [0, 0.1) is 0 Å². The van der Waals surface area contributed by atoms with Crippen molar-refractivity contribution < 1.29 is 14.9 Å². The molecule has 0 heterocycles. The molecule has 0 aliphatic carbocycles. The molecular formula is C17H28O3. The zero-order valence-corrected chi connectivity index (χ0v) is 13.1. The van der Waals surface area contributed by atoms with Gasteiger partial charge in [0.1, 0.15) is 5.75 Å². The summed E-state index contributed by atoms with van der Waals surface area (Å²) in [7, 11) is 0. The second-order valence-electron chi connectivity index (χ2n) is 6.30. The number of aliphatic hydroxyl groups is 2. The van der Waals surface area contributed by atoms with Crippen molar-refractivity contribution in [3.05, 3.63) is 29.3 Å². The van der Waals surface area contributed by atoms with E-state index in [0.29, 0.717) is 19.4 Å². The van der Waals surface area contributed by atoms with Gasteiger partial charge in [0, 0.05) is 0 Å². The molecule has 114 valence electrons. The molecule has 1 rings (SSSR count). The van der Waals surface area contributed by atoms with Crippen LogP contribution in [0.3, 0.4) is 0 Å². The van der Waals surface area contributed by atoms with E-state index in [9.17, 15) is 5.11 Å². The molecule has 1 aromatic rings. The average molecular weight is 280 g/mol. The van der Waals surface area contributed by atoms with E-state index in [1.54, 1.807) is 0 Å². The maximum absolute atomic E-state index is 9.52. The van der Waals surface area contributed by atoms with Crippen LogP contribution in [0.1, 0.15) is 51.7 Å². The molecule has 0 aliphatic heterocycles. The predicted octanol–water partition coefficient (Wildman–Crippen LogP) is 3.06. The van der Waals surface area contributed by atoms with Crippen LogP contribution in [0.5, 0.6) is 5.75 Å². The van der Waals surface area contributed by atoms with Crippen molar-refractivity contribution >= 4 is 0 Å². The minimum atomic E-state index is -0.660. The quantitative estimate of drug-likeness (QED) is 0.807. The van der Waals surface area contributed by atoms with E-state index >= 15 is 0 Å². The summed E-state index contributed by atoms with van der Waals surface area (Å²) in [4.78, 5) is 0. The Kier molecular flexibility index (Phi) is 6.50. The van der Waals surface area contributed by atoms with Crippen LogP contribution in [0.15, 0.2) is 18.2 Å². The number of hydrogen-bond donors (Lipinski definition) is 2. The summed E-state index contributed by atoms with van der Waals surface area (Å²) in [6.07, 6.45) is 1.57. The van der Waals surface area contributed by atoms with Crippen LogP contribution in [0.25, 0.3) is 0 Å².